The number of primary amides is 1. The van der Waals surface area contributed by atoms with Crippen LogP contribution < -0.4 is 15.4 Å². The number of nitrogens with two attached hydrogens (primary N) is 1. The fraction of sp³-hybridized carbons (Fsp3) is 0.500. The fourth-order valence-electron chi connectivity index (χ4n) is 3.51. The summed E-state index contributed by atoms with van der Waals surface area (Å²) >= 11 is 0. The van der Waals surface area contributed by atoms with E-state index in [1.54, 1.807) is 21.9 Å². The van der Waals surface area contributed by atoms with Crippen molar-refractivity contribution < 1.29 is 19.1 Å². The van der Waals surface area contributed by atoms with Gasteiger partial charge in [-0.3, -0.25) is 14.4 Å². The van der Waals surface area contributed by atoms with Gasteiger partial charge in [0.15, 0.2) is 0 Å². The number of ether oxygens (including phenoxy) is 1. The molecule has 2 aliphatic rings. The summed E-state index contributed by atoms with van der Waals surface area (Å²) in [5, 5.41) is 0. The van der Waals surface area contributed by atoms with Crippen molar-refractivity contribution in [1.29, 1.82) is 0 Å². The third kappa shape index (κ3) is 2.83. The highest BCUT2D eigenvalue weighted by Crippen LogP contribution is 2.38. The first kappa shape index (κ1) is 17.3. The van der Waals surface area contributed by atoms with Crippen LogP contribution in [0, 0.1) is 5.92 Å². The van der Waals surface area contributed by atoms with Gasteiger partial charge in [0.25, 0.3) is 17.4 Å². The summed E-state index contributed by atoms with van der Waals surface area (Å²) < 4.78 is 5.88. The molecular weight excluding hydrogens is 322 g/mol. The van der Waals surface area contributed by atoms with Gasteiger partial charge in [-0.1, -0.05) is 12.1 Å². The van der Waals surface area contributed by atoms with Crippen molar-refractivity contribution in [3.05, 3.63) is 24.3 Å². The Morgan fingerprint density at radius 3 is 2.52 bits per heavy atom. The molecule has 7 heteroatoms. The Balaban J connectivity index is 1.85. The Morgan fingerprint density at radius 2 is 1.92 bits per heavy atom. The minimum Gasteiger partial charge on any atom is -0.465 e. The van der Waals surface area contributed by atoms with Crippen LogP contribution in [0.4, 0.5) is 5.69 Å². The van der Waals surface area contributed by atoms with Crippen molar-refractivity contribution in [2.75, 3.05) is 24.5 Å². The third-order valence-electron chi connectivity index (χ3n) is 5.03. The molecule has 0 saturated carbocycles. The number of likely N-dealkylation sites (N-methyl/N-ethyl adjacent to an activating group) is 1. The summed E-state index contributed by atoms with van der Waals surface area (Å²) in [4.78, 5) is 40.5. The number of fused-ring (bicyclic) bond motifs is 1. The molecule has 1 aromatic rings. The van der Waals surface area contributed by atoms with Gasteiger partial charge in [-0.05, 0) is 38.8 Å². The van der Waals surface area contributed by atoms with Crippen LogP contribution in [0.15, 0.2) is 24.3 Å². The highest BCUT2D eigenvalue weighted by atomic mass is 16.5. The fourth-order valence-corrected chi connectivity index (χ4v) is 3.51. The van der Waals surface area contributed by atoms with Gasteiger partial charge in [0.1, 0.15) is 5.75 Å². The SMILES string of the molecule is CCN1C(=O)C(C)(C(=O)N2CCC(C(N)=O)CC2)Oc2ccccc21. The Hall–Kier alpha value is -2.57. The summed E-state index contributed by atoms with van der Waals surface area (Å²) in [5.41, 5.74) is 4.42. The van der Waals surface area contributed by atoms with Crippen LogP contribution in [0.2, 0.25) is 0 Å². The molecule has 1 atom stereocenters. The number of anilines is 1. The number of amides is 3. The highest BCUT2D eigenvalue weighted by Gasteiger charge is 2.52. The molecule has 2 heterocycles. The van der Waals surface area contributed by atoms with Crippen molar-refractivity contribution in [3.8, 4) is 5.75 Å². The summed E-state index contributed by atoms with van der Waals surface area (Å²) in [6.07, 6.45) is 1.03. The Kier molecular flexibility index (Phi) is 4.41. The monoisotopic (exact) mass is 345 g/mol. The van der Waals surface area contributed by atoms with Gasteiger partial charge in [-0.15, -0.1) is 0 Å². The smallest absolute Gasteiger partial charge is 0.280 e. The Bertz CT molecular complexity index is 712. The highest BCUT2D eigenvalue weighted by molar-refractivity contribution is 6.16. The first-order valence-corrected chi connectivity index (χ1v) is 8.57. The van der Waals surface area contributed by atoms with Crippen molar-refractivity contribution in [2.45, 2.75) is 32.3 Å². The van der Waals surface area contributed by atoms with E-state index in [0.29, 0.717) is 43.9 Å². The molecule has 3 amide bonds. The summed E-state index contributed by atoms with van der Waals surface area (Å²) in [5.74, 6) is -0.766. The van der Waals surface area contributed by atoms with Crippen LogP contribution in [0.5, 0.6) is 5.75 Å². The Morgan fingerprint density at radius 1 is 1.28 bits per heavy atom. The van der Waals surface area contributed by atoms with Gasteiger partial charge in [0, 0.05) is 25.6 Å². The molecule has 0 spiro atoms. The average Bonchev–Trinajstić information content (AvgIpc) is 2.62. The van der Waals surface area contributed by atoms with E-state index in [2.05, 4.69) is 0 Å². The van der Waals surface area contributed by atoms with Crippen molar-refractivity contribution in [2.24, 2.45) is 11.7 Å². The van der Waals surface area contributed by atoms with Crippen LogP contribution in [0.25, 0.3) is 0 Å². The molecule has 2 N–H and O–H groups in total. The molecular formula is C18H23N3O4. The predicted molar refractivity (Wildman–Crippen MR) is 92.0 cm³/mol. The van der Waals surface area contributed by atoms with Crippen LogP contribution in [-0.2, 0) is 14.4 Å². The van der Waals surface area contributed by atoms with Gasteiger partial charge >= 0.3 is 0 Å². The summed E-state index contributed by atoms with van der Waals surface area (Å²) in [6, 6.07) is 7.21. The van der Waals surface area contributed by atoms with Gasteiger partial charge in [0.05, 0.1) is 5.69 Å². The zero-order chi connectivity index (χ0) is 18.2. The molecule has 7 nitrogen and oxygen atoms in total. The minimum absolute atomic E-state index is 0.215. The number of rotatable bonds is 3. The van der Waals surface area contributed by atoms with E-state index < -0.39 is 5.60 Å². The molecule has 134 valence electrons. The third-order valence-corrected chi connectivity index (χ3v) is 5.03. The molecule has 2 aliphatic heterocycles. The number of piperidine rings is 1. The second-order valence-electron chi connectivity index (χ2n) is 6.62. The number of benzene rings is 1. The molecule has 1 unspecified atom stereocenters. The summed E-state index contributed by atoms with van der Waals surface area (Å²) in [7, 11) is 0. The number of carbonyl (C=O) groups is 3. The lowest BCUT2D eigenvalue weighted by molar-refractivity contribution is -0.157. The van der Waals surface area contributed by atoms with E-state index in [9.17, 15) is 14.4 Å². The predicted octanol–water partition coefficient (Wildman–Crippen LogP) is 0.915. The van der Waals surface area contributed by atoms with E-state index in [-0.39, 0.29) is 23.6 Å². The average molecular weight is 345 g/mol. The summed E-state index contributed by atoms with van der Waals surface area (Å²) in [6.45, 7) is 4.63. The lowest BCUT2D eigenvalue weighted by atomic mass is 9.93. The molecule has 0 aliphatic carbocycles. The molecule has 25 heavy (non-hydrogen) atoms. The molecule has 0 bridgehead atoms. The number of carbonyl (C=O) groups excluding carboxylic acids is 3. The number of hydrogen-bond acceptors (Lipinski definition) is 4. The van der Waals surface area contributed by atoms with Crippen LogP contribution >= 0.6 is 0 Å². The first-order chi connectivity index (χ1) is 11.9. The minimum atomic E-state index is -1.59. The van der Waals surface area contributed by atoms with Crippen LogP contribution in [-0.4, -0.2) is 47.9 Å². The topological polar surface area (TPSA) is 92.9 Å². The zero-order valence-corrected chi connectivity index (χ0v) is 14.5. The van der Waals surface area contributed by atoms with E-state index >= 15 is 0 Å². The van der Waals surface area contributed by atoms with Crippen molar-refractivity contribution in [3.63, 3.8) is 0 Å². The normalized spacial score (nSPS) is 23.8. The maximum atomic E-state index is 13.1. The van der Waals surface area contributed by atoms with Crippen LogP contribution in [0.1, 0.15) is 26.7 Å². The van der Waals surface area contributed by atoms with E-state index in [1.807, 2.05) is 19.1 Å². The first-order valence-electron chi connectivity index (χ1n) is 8.57. The van der Waals surface area contributed by atoms with Crippen molar-refractivity contribution >= 4 is 23.4 Å². The second-order valence-corrected chi connectivity index (χ2v) is 6.62. The molecule has 1 saturated heterocycles. The lowest BCUT2D eigenvalue weighted by Gasteiger charge is -2.42. The Labute approximate surface area is 146 Å². The maximum absolute atomic E-state index is 13.1. The van der Waals surface area contributed by atoms with Gasteiger partial charge in [0.2, 0.25) is 5.91 Å². The second kappa shape index (κ2) is 6.38. The number of hydrogen-bond donors (Lipinski definition) is 1. The number of likely N-dealkylation sites (tertiary alicyclic amines) is 1. The quantitative estimate of drug-likeness (QED) is 0.824. The molecule has 1 aromatic carbocycles. The zero-order valence-electron chi connectivity index (χ0n) is 14.5. The number of para-hydroxylation sites is 2. The molecule has 0 aromatic heterocycles. The van der Waals surface area contributed by atoms with E-state index in [0.717, 1.165) is 0 Å². The number of nitrogens with zero attached hydrogens (tertiary/aromatic N) is 2. The lowest BCUT2D eigenvalue weighted by Crippen LogP contribution is -2.63. The van der Waals surface area contributed by atoms with Crippen LogP contribution in [0.3, 0.4) is 0 Å². The largest absolute Gasteiger partial charge is 0.465 e. The molecule has 3 rings (SSSR count). The van der Waals surface area contributed by atoms with Crippen molar-refractivity contribution in [1.82, 2.24) is 4.90 Å². The van der Waals surface area contributed by atoms with Gasteiger partial charge in [-0.25, -0.2) is 0 Å². The standard InChI is InChI=1S/C18H23N3O4/c1-3-21-13-6-4-5-7-14(13)25-18(2,17(21)24)16(23)20-10-8-12(9-11-20)15(19)22/h4-7,12H,3,8-11H2,1-2H3,(H2,19,22). The van der Waals surface area contributed by atoms with E-state index in [4.69, 9.17) is 10.5 Å². The van der Waals surface area contributed by atoms with Gasteiger partial charge in [-0.2, -0.15) is 0 Å². The molecule has 0 radical (unpaired) electrons. The maximum Gasteiger partial charge on any atom is 0.280 e. The molecule has 1 fully saturated rings. The van der Waals surface area contributed by atoms with E-state index in [1.165, 1.54) is 6.92 Å². The van der Waals surface area contributed by atoms with Gasteiger partial charge < -0.3 is 20.3 Å².